The van der Waals surface area contributed by atoms with E-state index < -0.39 is 0 Å². The van der Waals surface area contributed by atoms with Crippen LogP contribution >= 0.6 is 0 Å². The van der Waals surface area contributed by atoms with E-state index in [1.54, 1.807) is 12.3 Å². The summed E-state index contributed by atoms with van der Waals surface area (Å²) in [6, 6.07) is 4.62. The second-order valence-electron chi connectivity index (χ2n) is 3.54. The first-order valence-corrected chi connectivity index (χ1v) is 5.26. The smallest absolute Gasteiger partial charge is 0.140 e. The summed E-state index contributed by atoms with van der Waals surface area (Å²) in [7, 11) is 0. The molecule has 1 aromatic heterocycles. The maximum absolute atomic E-state index is 13.1. The highest BCUT2D eigenvalue weighted by Gasteiger charge is 2.09. The molecule has 0 aliphatic carbocycles. The monoisotopic (exact) mass is 219 g/mol. The van der Waals surface area contributed by atoms with Gasteiger partial charge in [-0.15, -0.1) is 0 Å². The number of imidazole rings is 1. The molecule has 0 bridgehead atoms. The Morgan fingerprint density at radius 2 is 2.25 bits per heavy atom. The van der Waals surface area contributed by atoms with Gasteiger partial charge in [0.2, 0.25) is 0 Å². The summed E-state index contributed by atoms with van der Waals surface area (Å²) in [5, 5.41) is 0. The van der Waals surface area contributed by atoms with E-state index in [1.807, 2.05) is 17.7 Å². The van der Waals surface area contributed by atoms with Crippen LogP contribution in [0.2, 0.25) is 0 Å². The molecule has 0 atom stereocenters. The van der Waals surface area contributed by atoms with E-state index in [9.17, 15) is 4.39 Å². The van der Waals surface area contributed by atoms with Crippen molar-refractivity contribution < 1.29 is 4.39 Å². The zero-order valence-corrected chi connectivity index (χ0v) is 9.15. The van der Waals surface area contributed by atoms with Crippen LogP contribution < -0.4 is 5.73 Å². The van der Waals surface area contributed by atoms with Crippen molar-refractivity contribution in [2.24, 2.45) is 5.73 Å². The minimum atomic E-state index is -0.265. The van der Waals surface area contributed by atoms with Gasteiger partial charge in [-0.2, -0.15) is 0 Å². The van der Waals surface area contributed by atoms with E-state index in [-0.39, 0.29) is 5.82 Å². The van der Waals surface area contributed by atoms with Gasteiger partial charge >= 0.3 is 0 Å². The van der Waals surface area contributed by atoms with Crippen molar-refractivity contribution >= 4 is 0 Å². The molecule has 0 aliphatic heterocycles. The zero-order valence-electron chi connectivity index (χ0n) is 9.15. The number of hydrogen-bond acceptors (Lipinski definition) is 2. The molecule has 3 nitrogen and oxygen atoms in total. The summed E-state index contributed by atoms with van der Waals surface area (Å²) in [5.74, 6) is 0.571. The van der Waals surface area contributed by atoms with Crippen molar-refractivity contribution in [3.8, 4) is 11.4 Å². The summed E-state index contributed by atoms with van der Waals surface area (Å²) < 4.78 is 15.1. The highest BCUT2D eigenvalue weighted by Crippen LogP contribution is 2.22. The van der Waals surface area contributed by atoms with Gasteiger partial charge in [0.15, 0.2) is 0 Å². The normalized spacial score (nSPS) is 10.7. The van der Waals surface area contributed by atoms with Gasteiger partial charge in [-0.05, 0) is 30.7 Å². The molecule has 1 aromatic carbocycles. The minimum absolute atomic E-state index is 0.265. The van der Waals surface area contributed by atoms with Gasteiger partial charge in [0.25, 0.3) is 0 Å². The molecule has 0 saturated carbocycles. The third kappa shape index (κ3) is 1.84. The molecular weight excluding hydrogens is 205 g/mol. The fourth-order valence-corrected chi connectivity index (χ4v) is 1.76. The lowest BCUT2D eigenvalue weighted by atomic mass is 10.1. The van der Waals surface area contributed by atoms with Crippen LogP contribution in [0.4, 0.5) is 4.39 Å². The fraction of sp³-hybridized carbons (Fsp3) is 0.250. The van der Waals surface area contributed by atoms with Crippen molar-refractivity contribution in [1.29, 1.82) is 0 Å². The lowest BCUT2D eigenvalue weighted by molar-refractivity contribution is 0.625. The van der Waals surface area contributed by atoms with Gasteiger partial charge in [-0.25, -0.2) is 9.37 Å². The summed E-state index contributed by atoms with van der Waals surface area (Å²) in [6.45, 7) is 3.18. The van der Waals surface area contributed by atoms with E-state index in [0.29, 0.717) is 6.54 Å². The first-order valence-electron chi connectivity index (χ1n) is 5.26. The highest BCUT2D eigenvalue weighted by molar-refractivity contribution is 5.60. The number of rotatable bonds is 3. The predicted octanol–water partition coefficient (Wildman–Crippen LogP) is 2.17. The third-order valence-corrected chi connectivity index (χ3v) is 2.58. The molecule has 84 valence electrons. The second kappa shape index (κ2) is 4.45. The van der Waals surface area contributed by atoms with Crippen molar-refractivity contribution in [1.82, 2.24) is 9.55 Å². The van der Waals surface area contributed by atoms with E-state index in [2.05, 4.69) is 4.98 Å². The van der Waals surface area contributed by atoms with Gasteiger partial charge in [0, 0.05) is 31.0 Å². The number of halogens is 1. The Bertz CT molecular complexity index is 491. The van der Waals surface area contributed by atoms with Gasteiger partial charge in [-0.3, -0.25) is 0 Å². The Morgan fingerprint density at radius 1 is 1.44 bits per heavy atom. The Hall–Kier alpha value is -1.68. The molecule has 1 heterocycles. The average Bonchev–Trinajstić information content (AvgIpc) is 2.76. The van der Waals surface area contributed by atoms with Crippen LogP contribution in [0.1, 0.15) is 12.5 Å². The Labute approximate surface area is 93.7 Å². The van der Waals surface area contributed by atoms with Crippen LogP contribution in [-0.2, 0) is 13.1 Å². The van der Waals surface area contributed by atoms with Gasteiger partial charge in [-0.1, -0.05) is 0 Å². The molecule has 0 amide bonds. The molecule has 2 aromatic rings. The Morgan fingerprint density at radius 3 is 2.94 bits per heavy atom. The number of aryl methyl sites for hydroxylation is 1. The quantitative estimate of drug-likeness (QED) is 0.859. The first kappa shape index (κ1) is 10.8. The molecule has 4 heteroatoms. The van der Waals surface area contributed by atoms with Crippen molar-refractivity contribution in [3.05, 3.63) is 42.0 Å². The summed E-state index contributed by atoms with van der Waals surface area (Å²) in [6.07, 6.45) is 3.64. The van der Waals surface area contributed by atoms with Crippen LogP contribution in [0.15, 0.2) is 30.6 Å². The Kier molecular flexibility index (Phi) is 3.01. The standard InChI is InChI=1S/C12H14FN3/c1-2-16-6-5-15-12(16)11-4-3-10(13)7-9(11)8-14/h3-7H,2,8,14H2,1H3. The van der Waals surface area contributed by atoms with E-state index in [1.165, 1.54) is 12.1 Å². The average molecular weight is 219 g/mol. The summed E-state index contributed by atoms with van der Waals surface area (Å²) in [5.41, 5.74) is 7.29. The largest absolute Gasteiger partial charge is 0.331 e. The third-order valence-electron chi connectivity index (χ3n) is 2.58. The topological polar surface area (TPSA) is 43.8 Å². The molecule has 16 heavy (non-hydrogen) atoms. The van der Waals surface area contributed by atoms with Crippen LogP contribution in [-0.4, -0.2) is 9.55 Å². The number of aromatic nitrogens is 2. The molecule has 0 radical (unpaired) electrons. The fourth-order valence-electron chi connectivity index (χ4n) is 1.76. The van der Waals surface area contributed by atoms with E-state index in [0.717, 1.165) is 23.5 Å². The van der Waals surface area contributed by atoms with Crippen LogP contribution in [0.25, 0.3) is 11.4 Å². The first-order chi connectivity index (χ1) is 7.76. The number of nitrogens with two attached hydrogens (primary N) is 1. The highest BCUT2D eigenvalue weighted by atomic mass is 19.1. The zero-order chi connectivity index (χ0) is 11.5. The molecule has 0 fully saturated rings. The lowest BCUT2D eigenvalue weighted by Gasteiger charge is -2.09. The van der Waals surface area contributed by atoms with Gasteiger partial charge < -0.3 is 10.3 Å². The molecule has 2 rings (SSSR count). The maximum Gasteiger partial charge on any atom is 0.140 e. The van der Waals surface area contributed by atoms with Crippen LogP contribution in [0.5, 0.6) is 0 Å². The molecule has 0 unspecified atom stereocenters. The molecule has 0 spiro atoms. The number of hydrogen-bond donors (Lipinski definition) is 1. The van der Waals surface area contributed by atoms with Crippen molar-refractivity contribution in [2.75, 3.05) is 0 Å². The minimum Gasteiger partial charge on any atom is -0.331 e. The number of benzene rings is 1. The summed E-state index contributed by atoms with van der Waals surface area (Å²) >= 11 is 0. The number of nitrogens with zero attached hydrogens (tertiary/aromatic N) is 2. The van der Waals surface area contributed by atoms with Crippen molar-refractivity contribution in [2.45, 2.75) is 20.0 Å². The predicted molar refractivity (Wildman–Crippen MR) is 61.2 cm³/mol. The lowest BCUT2D eigenvalue weighted by Crippen LogP contribution is -2.03. The van der Waals surface area contributed by atoms with Crippen LogP contribution in [0, 0.1) is 5.82 Å². The molecule has 2 N–H and O–H groups in total. The van der Waals surface area contributed by atoms with Gasteiger partial charge in [0.05, 0.1) is 0 Å². The maximum atomic E-state index is 13.1. The van der Waals surface area contributed by atoms with Crippen molar-refractivity contribution in [3.63, 3.8) is 0 Å². The second-order valence-corrected chi connectivity index (χ2v) is 3.54. The van der Waals surface area contributed by atoms with Crippen LogP contribution in [0.3, 0.4) is 0 Å². The van der Waals surface area contributed by atoms with Gasteiger partial charge in [0.1, 0.15) is 11.6 Å². The molecular formula is C12H14FN3. The SMILES string of the molecule is CCn1ccnc1-c1ccc(F)cc1CN. The van der Waals surface area contributed by atoms with E-state index >= 15 is 0 Å². The summed E-state index contributed by atoms with van der Waals surface area (Å²) in [4.78, 5) is 4.28. The Balaban J connectivity index is 2.55. The molecule has 0 saturated heterocycles. The molecule has 0 aliphatic rings. The van der Waals surface area contributed by atoms with E-state index in [4.69, 9.17) is 5.73 Å².